The summed E-state index contributed by atoms with van der Waals surface area (Å²) in [5, 5.41) is 8.82. The first-order chi connectivity index (χ1) is 9.18. The summed E-state index contributed by atoms with van der Waals surface area (Å²) >= 11 is 0. The van der Waals surface area contributed by atoms with Gasteiger partial charge in [-0.25, -0.2) is 4.79 Å². The van der Waals surface area contributed by atoms with Crippen LogP contribution < -0.4 is 0 Å². The molecule has 1 atom stereocenters. The van der Waals surface area contributed by atoms with Gasteiger partial charge in [0.2, 0.25) is 0 Å². The van der Waals surface area contributed by atoms with Gasteiger partial charge in [-0.3, -0.25) is 0 Å². The van der Waals surface area contributed by atoms with Crippen molar-refractivity contribution in [2.75, 3.05) is 0 Å². The molecule has 0 bridgehead atoms. The Morgan fingerprint density at radius 1 is 1.05 bits per heavy atom. The second-order valence-corrected chi connectivity index (χ2v) is 4.74. The molecule has 96 valence electrons. The van der Waals surface area contributed by atoms with Crippen LogP contribution in [0, 0.1) is 0 Å². The number of ether oxygens (including phenoxy) is 1. The maximum Gasteiger partial charge on any atom is 0.506 e. The second-order valence-electron chi connectivity index (χ2n) is 4.74. The maximum atomic E-state index is 10.8. The molecule has 19 heavy (non-hydrogen) atoms. The van der Waals surface area contributed by atoms with Crippen molar-refractivity contribution in [3.8, 4) is 11.1 Å². The van der Waals surface area contributed by atoms with Crippen molar-refractivity contribution >= 4 is 6.16 Å². The van der Waals surface area contributed by atoms with Gasteiger partial charge < -0.3 is 9.84 Å². The maximum absolute atomic E-state index is 10.8. The SMILES string of the molecule is CC(OC(=O)O)C1c2ccccc2-c2ccccc21. The Morgan fingerprint density at radius 3 is 2.00 bits per heavy atom. The molecule has 3 heteroatoms. The van der Waals surface area contributed by atoms with Crippen LogP contribution in [0.1, 0.15) is 24.0 Å². The van der Waals surface area contributed by atoms with Crippen LogP contribution >= 0.6 is 0 Å². The lowest BCUT2D eigenvalue weighted by Gasteiger charge is -2.20. The molecule has 0 spiro atoms. The van der Waals surface area contributed by atoms with Crippen molar-refractivity contribution in [3.63, 3.8) is 0 Å². The van der Waals surface area contributed by atoms with Crippen LogP contribution in [0.2, 0.25) is 0 Å². The number of carbonyl (C=O) groups is 1. The van der Waals surface area contributed by atoms with Crippen molar-refractivity contribution in [2.24, 2.45) is 0 Å². The third kappa shape index (κ3) is 1.87. The van der Waals surface area contributed by atoms with Crippen LogP contribution in [0.4, 0.5) is 4.79 Å². The Morgan fingerprint density at radius 2 is 1.53 bits per heavy atom. The van der Waals surface area contributed by atoms with E-state index in [4.69, 9.17) is 9.84 Å². The first-order valence-electron chi connectivity index (χ1n) is 6.26. The molecular formula is C16H14O3. The summed E-state index contributed by atoms with van der Waals surface area (Å²) in [5.41, 5.74) is 4.61. The smallest absolute Gasteiger partial charge is 0.450 e. The van der Waals surface area contributed by atoms with Gasteiger partial charge in [0, 0.05) is 5.92 Å². The summed E-state index contributed by atoms with van der Waals surface area (Å²) in [6.07, 6.45) is -1.63. The average Bonchev–Trinajstić information content (AvgIpc) is 2.72. The van der Waals surface area contributed by atoms with Gasteiger partial charge in [-0.2, -0.15) is 0 Å². The number of hydrogen-bond donors (Lipinski definition) is 1. The summed E-state index contributed by atoms with van der Waals surface area (Å²) < 4.78 is 4.96. The molecule has 1 aliphatic rings. The Labute approximate surface area is 111 Å². The highest BCUT2D eigenvalue weighted by Gasteiger charge is 2.33. The van der Waals surface area contributed by atoms with E-state index in [2.05, 4.69) is 12.1 Å². The normalized spacial score (nSPS) is 14.6. The highest BCUT2D eigenvalue weighted by atomic mass is 16.7. The number of hydrogen-bond acceptors (Lipinski definition) is 2. The van der Waals surface area contributed by atoms with Crippen molar-refractivity contribution in [3.05, 3.63) is 59.7 Å². The van der Waals surface area contributed by atoms with Gasteiger partial charge in [-0.1, -0.05) is 48.5 Å². The van der Waals surface area contributed by atoms with E-state index in [0.717, 1.165) is 11.1 Å². The van der Waals surface area contributed by atoms with Crippen LogP contribution in [0.3, 0.4) is 0 Å². The zero-order chi connectivity index (χ0) is 13.4. The molecule has 0 saturated heterocycles. The van der Waals surface area contributed by atoms with Crippen LogP contribution in [-0.2, 0) is 4.74 Å². The molecule has 1 N–H and O–H groups in total. The summed E-state index contributed by atoms with van der Waals surface area (Å²) in [4.78, 5) is 10.8. The van der Waals surface area contributed by atoms with Gasteiger partial charge in [0.15, 0.2) is 0 Å². The highest BCUT2D eigenvalue weighted by Crippen LogP contribution is 2.46. The lowest BCUT2D eigenvalue weighted by atomic mass is 9.92. The molecule has 0 amide bonds. The monoisotopic (exact) mass is 254 g/mol. The lowest BCUT2D eigenvalue weighted by Crippen LogP contribution is -2.21. The van der Waals surface area contributed by atoms with E-state index in [0.29, 0.717) is 0 Å². The number of rotatable bonds is 2. The molecule has 2 aromatic rings. The number of fused-ring (bicyclic) bond motifs is 3. The summed E-state index contributed by atoms with van der Waals surface area (Å²) in [6, 6.07) is 16.2. The Balaban J connectivity index is 2.12. The Hall–Kier alpha value is -2.29. The summed E-state index contributed by atoms with van der Waals surface area (Å²) in [5.74, 6) is -0.0245. The number of benzene rings is 2. The third-order valence-electron chi connectivity index (χ3n) is 3.64. The van der Waals surface area contributed by atoms with Gasteiger partial charge in [-0.15, -0.1) is 0 Å². The zero-order valence-corrected chi connectivity index (χ0v) is 10.5. The van der Waals surface area contributed by atoms with Crippen molar-refractivity contribution in [2.45, 2.75) is 18.9 Å². The number of carboxylic acid groups (broad SMARTS) is 1. The lowest BCUT2D eigenvalue weighted by molar-refractivity contribution is 0.0532. The Bertz CT molecular complexity index is 588. The van der Waals surface area contributed by atoms with Crippen LogP contribution in [0.5, 0.6) is 0 Å². The summed E-state index contributed by atoms with van der Waals surface area (Å²) in [6.45, 7) is 1.80. The first-order valence-corrected chi connectivity index (χ1v) is 6.26. The van der Waals surface area contributed by atoms with E-state index in [9.17, 15) is 4.79 Å². The summed E-state index contributed by atoms with van der Waals surface area (Å²) in [7, 11) is 0. The molecule has 3 rings (SSSR count). The van der Waals surface area contributed by atoms with Crippen molar-refractivity contribution < 1.29 is 14.6 Å². The molecule has 0 aromatic heterocycles. The fourth-order valence-corrected chi connectivity index (χ4v) is 2.93. The van der Waals surface area contributed by atoms with Gasteiger partial charge in [0.1, 0.15) is 6.10 Å². The first kappa shape index (κ1) is 11.8. The molecule has 3 nitrogen and oxygen atoms in total. The average molecular weight is 254 g/mol. The largest absolute Gasteiger partial charge is 0.506 e. The van der Waals surface area contributed by atoms with Gasteiger partial charge in [0.05, 0.1) is 0 Å². The predicted molar refractivity (Wildman–Crippen MR) is 72.3 cm³/mol. The Kier molecular flexibility index (Phi) is 2.75. The molecule has 1 unspecified atom stereocenters. The van der Waals surface area contributed by atoms with E-state index in [1.807, 2.05) is 36.4 Å². The van der Waals surface area contributed by atoms with Crippen LogP contribution in [0.15, 0.2) is 48.5 Å². The molecule has 1 aliphatic carbocycles. The fourth-order valence-electron chi connectivity index (χ4n) is 2.93. The molecule has 0 radical (unpaired) electrons. The molecule has 0 fully saturated rings. The van der Waals surface area contributed by atoms with Gasteiger partial charge >= 0.3 is 6.16 Å². The molecule has 0 saturated carbocycles. The third-order valence-corrected chi connectivity index (χ3v) is 3.64. The molecular weight excluding hydrogens is 240 g/mol. The second kappa shape index (κ2) is 4.43. The van der Waals surface area contributed by atoms with E-state index in [1.165, 1.54) is 11.1 Å². The van der Waals surface area contributed by atoms with Crippen LogP contribution in [-0.4, -0.2) is 17.4 Å². The predicted octanol–water partition coefficient (Wildman–Crippen LogP) is 3.88. The molecule has 0 aliphatic heterocycles. The van der Waals surface area contributed by atoms with E-state index >= 15 is 0 Å². The quantitative estimate of drug-likeness (QED) is 0.827. The van der Waals surface area contributed by atoms with Gasteiger partial charge in [0.25, 0.3) is 0 Å². The topological polar surface area (TPSA) is 46.5 Å². The van der Waals surface area contributed by atoms with E-state index in [1.54, 1.807) is 6.92 Å². The fraction of sp³-hybridized carbons (Fsp3) is 0.188. The van der Waals surface area contributed by atoms with Crippen molar-refractivity contribution in [1.82, 2.24) is 0 Å². The minimum absolute atomic E-state index is 0.0245. The van der Waals surface area contributed by atoms with E-state index < -0.39 is 12.3 Å². The van der Waals surface area contributed by atoms with Crippen LogP contribution in [0.25, 0.3) is 11.1 Å². The minimum Gasteiger partial charge on any atom is -0.450 e. The van der Waals surface area contributed by atoms with E-state index in [-0.39, 0.29) is 5.92 Å². The molecule has 2 aromatic carbocycles. The van der Waals surface area contributed by atoms with Gasteiger partial charge in [-0.05, 0) is 29.2 Å². The zero-order valence-electron chi connectivity index (χ0n) is 10.5. The highest BCUT2D eigenvalue weighted by molar-refractivity contribution is 5.79. The minimum atomic E-state index is -1.23. The molecule has 0 heterocycles. The van der Waals surface area contributed by atoms with Crippen molar-refractivity contribution in [1.29, 1.82) is 0 Å². The standard InChI is InChI=1S/C16H14O3/c1-10(19-16(17)18)15-13-8-4-2-6-11(13)12-7-3-5-9-14(12)15/h2-10,15H,1H3,(H,17,18).